The first-order chi connectivity index (χ1) is 18.5. The molecule has 1 atom stereocenters. The van der Waals surface area contributed by atoms with Crippen molar-refractivity contribution in [1.29, 1.82) is 0 Å². The van der Waals surface area contributed by atoms with E-state index in [1.54, 1.807) is 18.2 Å². The van der Waals surface area contributed by atoms with Crippen molar-refractivity contribution in [1.82, 2.24) is 10.2 Å². The van der Waals surface area contributed by atoms with Crippen LogP contribution < -0.4 is 5.32 Å². The van der Waals surface area contributed by atoms with Crippen LogP contribution in [-0.2, 0) is 33.3 Å². The normalized spacial score (nSPS) is 17.3. The summed E-state index contributed by atoms with van der Waals surface area (Å²) in [6.07, 6.45) is 0.214. The van der Waals surface area contributed by atoms with Gasteiger partial charge in [0.1, 0.15) is 6.04 Å². The van der Waals surface area contributed by atoms with Crippen LogP contribution in [0, 0.1) is 0 Å². The Morgan fingerprint density at radius 3 is 1.97 bits per heavy atom. The third kappa shape index (κ3) is 9.11. The van der Waals surface area contributed by atoms with E-state index in [0.29, 0.717) is 82.3 Å². The number of nitrogens with one attached hydrogen (secondary N) is 1. The van der Waals surface area contributed by atoms with Crippen molar-refractivity contribution < 1.29 is 42.9 Å². The Labute approximate surface area is 234 Å². The third-order valence-electron chi connectivity index (χ3n) is 5.62. The van der Waals surface area contributed by atoms with Crippen LogP contribution in [0.15, 0.2) is 23.1 Å². The van der Waals surface area contributed by atoms with Crippen molar-refractivity contribution >= 4 is 51.3 Å². The van der Waals surface area contributed by atoms with Gasteiger partial charge in [0.15, 0.2) is 0 Å². The Kier molecular flexibility index (Phi) is 13.7. The van der Waals surface area contributed by atoms with E-state index >= 15 is 0 Å². The van der Waals surface area contributed by atoms with Crippen LogP contribution in [0.5, 0.6) is 0 Å². The van der Waals surface area contributed by atoms with Crippen LogP contribution in [-0.4, -0.2) is 112 Å². The Morgan fingerprint density at radius 2 is 1.39 bits per heavy atom. The van der Waals surface area contributed by atoms with Gasteiger partial charge in [-0.15, -0.1) is 11.8 Å². The molecule has 1 unspecified atom stereocenters. The van der Waals surface area contributed by atoms with Crippen LogP contribution in [0.2, 0.25) is 0 Å². The molecule has 0 aromatic heterocycles. The summed E-state index contributed by atoms with van der Waals surface area (Å²) in [6.45, 7) is 5.02. The fourth-order valence-electron chi connectivity index (χ4n) is 3.85. The van der Waals surface area contributed by atoms with E-state index in [4.69, 9.17) is 23.7 Å². The number of fused-ring (bicyclic) bond motifs is 1. The van der Waals surface area contributed by atoms with Crippen molar-refractivity contribution in [2.75, 3.05) is 77.2 Å². The highest BCUT2D eigenvalue weighted by Crippen LogP contribution is 2.34. The van der Waals surface area contributed by atoms with E-state index < -0.39 is 29.7 Å². The van der Waals surface area contributed by atoms with Crippen molar-refractivity contribution in [3.63, 3.8) is 0 Å². The molecule has 1 aromatic rings. The minimum absolute atomic E-state index is 0.0861. The second-order valence-corrected chi connectivity index (χ2v) is 10.2. The molecule has 4 amide bonds. The number of hydrogen-bond acceptors (Lipinski definition) is 10. The highest BCUT2D eigenvalue weighted by atomic mass is 79.9. The standard InChI is InChI=1S/C25H33BrN2O9S/c26-6-7-33-8-9-34-10-11-35-12-13-36-14-15-37-16-17-38-20-3-1-2-18-22(20)25(32)28(24(18)31)19-4-5-21(29)27-23(19)30/h1-3,19H,4-17H2,(H,27,29,30). The number of rotatable bonds is 19. The fraction of sp³-hybridized carbons (Fsp3) is 0.600. The maximum atomic E-state index is 13.1. The lowest BCUT2D eigenvalue weighted by molar-refractivity contribution is -0.136. The predicted molar refractivity (Wildman–Crippen MR) is 142 cm³/mol. The Morgan fingerprint density at radius 1 is 0.816 bits per heavy atom. The van der Waals surface area contributed by atoms with E-state index in [2.05, 4.69) is 21.2 Å². The number of thioether (sulfide) groups is 1. The van der Waals surface area contributed by atoms with Crippen molar-refractivity contribution in [2.24, 2.45) is 0 Å². The lowest BCUT2D eigenvalue weighted by Crippen LogP contribution is -2.54. The smallest absolute Gasteiger partial charge is 0.263 e. The topological polar surface area (TPSA) is 130 Å². The molecule has 1 saturated heterocycles. The molecule has 2 aliphatic heterocycles. The average Bonchev–Trinajstić information content (AvgIpc) is 3.16. The van der Waals surface area contributed by atoms with Gasteiger partial charge in [0.25, 0.3) is 11.8 Å². The molecule has 1 aromatic carbocycles. The summed E-state index contributed by atoms with van der Waals surface area (Å²) in [5.41, 5.74) is 0.566. The highest BCUT2D eigenvalue weighted by molar-refractivity contribution is 9.09. The number of ether oxygens (including phenoxy) is 5. The van der Waals surface area contributed by atoms with E-state index in [1.807, 2.05) is 0 Å². The molecular formula is C25H33BrN2O9S. The summed E-state index contributed by atoms with van der Waals surface area (Å²) in [7, 11) is 0. The van der Waals surface area contributed by atoms with Gasteiger partial charge in [0.05, 0.1) is 77.2 Å². The number of benzene rings is 1. The highest BCUT2D eigenvalue weighted by Gasteiger charge is 2.45. The summed E-state index contributed by atoms with van der Waals surface area (Å²) in [4.78, 5) is 51.3. The van der Waals surface area contributed by atoms with Crippen molar-refractivity contribution in [3.8, 4) is 0 Å². The molecule has 13 heteroatoms. The second kappa shape index (κ2) is 17.0. The zero-order valence-corrected chi connectivity index (χ0v) is 23.5. The van der Waals surface area contributed by atoms with E-state index in [0.717, 1.165) is 10.2 Å². The lowest BCUT2D eigenvalue weighted by atomic mass is 10.0. The second-order valence-electron chi connectivity index (χ2n) is 8.23. The van der Waals surface area contributed by atoms with E-state index in [9.17, 15) is 19.2 Å². The maximum Gasteiger partial charge on any atom is 0.263 e. The Balaban J connectivity index is 1.26. The van der Waals surface area contributed by atoms with Gasteiger partial charge in [0.2, 0.25) is 11.8 Å². The molecule has 210 valence electrons. The SMILES string of the molecule is O=C1CCC(N2C(=O)c3cccc(SCCOCCOCCOCCOCCOCCBr)c3C2=O)C(=O)N1. The number of nitrogens with zero attached hydrogens (tertiary/aromatic N) is 1. The Bertz CT molecular complexity index is 965. The number of hydrogen-bond donors (Lipinski definition) is 1. The largest absolute Gasteiger partial charge is 0.378 e. The molecule has 0 aliphatic carbocycles. The van der Waals surface area contributed by atoms with Gasteiger partial charge in [0, 0.05) is 22.4 Å². The van der Waals surface area contributed by atoms with E-state index in [1.165, 1.54) is 11.8 Å². The van der Waals surface area contributed by atoms with Gasteiger partial charge in [-0.05, 0) is 18.6 Å². The van der Waals surface area contributed by atoms with Gasteiger partial charge >= 0.3 is 0 Å². The molecule has 11 nitrogen and oxygen atoms in total. The number of carbonyl (C=O) groups excluding carboxylic acids is 4. The molecular weight excluding hydrogens is 584 g/mol. The minimum atomic E-state index is -0.978. The zero-order valence-electron chi connectivity index (χ0n) is 21.1. The van der Waals surface area contributed by atoms with Crippen LogP contribution in [0.1, 0.15) is 33.6 Å². The predicted octanol–water partition coefficient (Wildman–Crippen LogP) is 1.66. The van der Waals surface area contributed by atoms with Crippen LogP contribution in [0.3, 0.4) is 0 Å². The monoisotopic (exact) mass is 616 g/mol. The number of piperidine rings is 1. The molecule has 0 saturated carbocycles. The molecule has 2 heterocycles. The fourth-order valence-corrected chi connectivity index (χ4v) is 5.02. The number of amides is 4. The lowest BCUT2D eigenvalue weighted by Gasteiger charge is -2.27. The number of imide groups is 2. The molecule has 1 N–H and O–H groups in total. The average molecular weight is 618 g/mol. The molecule has 1 fully saturated rings. The van der Waals surface area contributed by atoms with Crippen LogP contribution >= 0.6 is 27.7 Å². The van der Waals surface area contributed by atoms with Crippen molar-refractivity contribution in [3.05, 3.63) is 29.3 Å². The van der Waals surface area contributed by atoms with Gasteiger partial charge in [-0.1, -0.05) is 22.0 Å². The van der Waals surface area contributed by atoms with Gasteiger partial charge in [-0.3, -0.25) is 29.4 Å². The summed E-state index contributed by atoms with van der Waals surface area (Å²) < 4.78 is 27.2. The number of halogens is 1. The Hall–Kier alpha value is -1.87. The quantitative estimate of drug-likeness (QED) is 0.106. The first kappa shape index (κ1) is 30.7. The summed E-state index contributed by atoms with van der Waals surface area (Å²) in [5.74, 6) is -1.47. The maximum absolute atomic E-state index is 13.1. The van der Waals surface area contributed by atoms with Gasteiger partial charge in [-0.2, -0.15) is 0 Å². The molecule has 0 radical (unpaired) electrons. The van der Waals surface area contributed by atoms with E-state index in [-0.39, 0.29) is 18.4 Å². The van der Waals surface area contributed by atoms with Gasteiger partial charge < -0.3 is 23.7 Å². The minimum Gasteiger partial charge on any atom is -0.378 e. The number of carbonyl (C=O) groups is 4. The first-order valence-electron chi connectivity index (χ1n) is 12.5. The zero-order chi connectivity index (χ0) is 27.2. The van der Waals surface area contributed by atoms with Gasteiger partial charge in [-0.25, -0.2) is 0 Å². The third-order valence-corrected chi connectivity index (χ3v) is 6.97. The first-order valence-corrected chi connectivity index (χ1v) is 14.6. The molecule has 38 heavy (non-hydrogen) atoms. The molecule has 0 bridgehead atoms. The van der Waals surface area contributed by atoms with Crippen LogP contribution in [0.25, 0.3) is 0 Å². The molecule has 0 spiro atoms. The molecule has 2 aliphatic rings. The number of alkyl halides is 1. The summed E-state index contributed by atoms with van der Waals surface area (Å²) in [5, 5.41) is 3.02. The summed E-state index contributed by atoms with van der Waals surface area (Å²) in [6, 6.07) is 4.09. The molecule has 3 rings (SSSR count). The van der Waals surface area contributed by atoms with Crippen LogP contribution in [0.4, 0.5) is 0 Å². The summed E-state index contributed by atoms with van der Waals surface area (Å²) >= 11 is 4.69. The van der Waals surface area contributed by atoms with Crippen molar-refractivity contribution in [2.45, 2.75) is 23.8 Å².